The summed E-state index contributed by atoms with van der Waals surface area (Å²) in [6.07, 6.45) is 2.48. The second-order valence-corrected chi connectivity index (χ2v) is 7.86. The maximum absolute atomic E-state index is 12.5. The van der Waals surface area contributed by atoms with Crippen LogP contribution in [0.2, 0.25) is 0 Å². The molecule has 6 nitrogen and oxygen atoms in total. The van der Waals surface area contributed by atoms with Crippen molar-refractivity contribution in [1.29, 1.82) is 0 Å². The van der Waals surface area contributed by atoms with E-state index in [1.54, 1.807) is 18.2 Å². The fourth-order valence-corrected chi connectivity index (χ4v) is 4.78. The van der Waals surface area contributed by atoms with E-state index in [9.17, 15) is 18.0 Å². The molecule has 1 saturated carbocycles. The minimum atomic E-state index is -3.91. The number of piperidine rings is 1. The predicted molar refractivity (Wildman–Crippen MR) is 81.8 cm³/mol. The molecule has 23 heavy (non-hydrogen) atoms. The van der Waals surface area contributed by atoms with Gasteiger partial charge in [-0.05, 0) is 25.0 Å². The lowest BCUT2D eigenvalue weighted by atomic mass is 9.66. The molecule has 0 radical (unpaired) electrons. The Bertz CT molecular complexity index is 697. The number of benzene rings is 1. The fraction of sp³-hybridized carbons (Fsp3) is 0.500. The van der Waals surface area contributed by atoms with Gasteiger partial charge in [0.2, 0.25) is 11.8 Å². The molecule has 2 aliphatic rings. The van der Waals surface area contributed by atoms with Gasteiger partial charge in [-0.3, -0.25) is 19.1 Å². The summed E-state index contributed by atoms with van der Waals surface area (Å²) in [4.78, 5) is 23.7. The lowest BCUT2D eigenvalue weighted by molar-refractivity contribution is -0.143. The molecule has 1 aliphatic heterocycles. The van der Waals surface area contributed by atoms with E-state index in [1.807, 2.05) is 0 Å². The summed E-state index contributed by atoms with van der Waals surface area (Å²) in [5.41, 5.74) is -0.709. The van der Waals surface area contributed by atoms with E-state index >= 15 is 0 Å². The number of imide groups is 1. The topological polar surface area (TPSA) is 89.5 Å². The summed E-state index contributed by atoms with van der Waals surface area (Å²) < 4.78 is 30.5. The van der Waals surface area contributed by atoms with Gasteiger partial charge < -0.3 is 0 Å². The SMILES string of the molecule is O=C1CC2(CCCCC2OS(=O)(=O)c2ccccc2)CC(=O)N1. The third-order valence-electron chi connectivity index (χ3n) is 4.65. The number of rotatable bonds is 3. The van der Waals surface area contributed by atoms with E-state index in [4.69, 9.17) is 4.18 Å². The minimum Gasteiger partial charge on any atom is -0.296 e. The van der Waals surface area contributed by atoms with Crippen LogP contribution in [0.5, 0.6) is 0 Å². The Balaban J connectivity index is 1.88. The summed E-state index contributed by atoms with van der Waals surface area (Å²) in [5, 5.41) is 2.28. The highest BCUT2D eigenvalue weighted by molar-refractivity contribution is 7.86. The van der Waals surface area contributed by atoms with Gasteiger partial charge in [0.15, 0.2) is 0 Å². The highest BCUT2D eigenvalue weighted by Crippen LogP contribution is 2.46. The van der Waals surface area contributed by atoms with E-state index in [2.05, 4.69) is 5.32 Å². The van der Waals surface area contributed by atoms with Crippen molar-refractivity contribution in [1.82, 2.24) is 5.32 Å². The summed E-state index contributed by atoms with van der Waals surface area (Å²) >= 11 is 0. The van der Waals surface area contributed by atoms with Crippen LogP contribution in [0, 0.1) is 5.41 Å². The highest BCUT2D eigenvalue weighted by Gasteiger charge is 2.49. The van der Waals surface area contributed by atoms with E-state index in [0.29, 0.717) is 12.8 Å². The fourth-order valence-electron chi connectivity index (χ4n) is 3.57. The van der Waals surface area contributed by atoms with Crippen LogP contribution in [0.3, 0.4) is 0 Å². The average Bonchev–Trinajstić information content (AvgIpc) is 2.49. The first-order chi connectivity index (χ1) is 10.9. The molecule has 1 heterocycles. The Kier molecular flexibility index (Phi) is 4.25. The molecule has 1 saturated heterocycles. The molecule has 1 N–H and O–H groups in total. The van der Waals surface area contributed by atoms with Gasteiger partial charge in [0, 0.05) is 18.3 Å². The average molecular weight is 337 g/mol. The minimum absolute atomic E-state index is 0.0901. The zero-order valence-electron chi connectivity index (χ0n) is 12.7. The Morgan fingerprint density at radius 2 is 1.70 bits per heavy atom. The van der Waals surface area contributed by atoms with Gasteiger partial charge in [-0.2, -0.15) is 8.42 Å². The van der Waals surface area contributed by atoms with Gasteiger partial charge in [-0.1, -0.05) is 31.0 Å². The third-order valence-corrected chi connectivity index (χ3v) is 5.99. The number of carbonyl (C=O) groups excluding carboxylic acids is 2. The number of nitrogens with one attached hydrogen (secondary N) is 1. The van der Waals surface area contributed by atoms with Crippen molar-refractivity contribution in [3.63, 3.8) is 0 Å². The molecule has 0 aromatic heterocycles. The van der Waals surface area contributed by atoms with Crippen LogP contribution in [-0.2, 0) is 23.9 Å². The van der Waals surface area contributed by atoms with Crippen molar-refractivity contribution in [3.8, 4) is 0 Å². The van der Waals surface area contributed by atoms with Crippen molar-refractivity contribution in [2.45, 2.75) is 49.5 Å². The van der Waals surface area contributed by atoms with Crippen LogP contribution in [0.1, 0.15) is 38.5 Å². The van der Waals surface area contributed by atoms with Gasteiger partial charge in [0.05, 0.1) is 11.0 Å². The van der Waals surface area contributed by atoms with Crippen LogP contribution in [0.15, 0.2) is 35.2 Å². The summed E-state index contributed by atoms with van der Waals surface area (Å²) in [6, 6.07) is 7.94. The first kappa shape index (κ1) is 16.1. The van der Waals surface area contributed by atoms with Crippen molar-refractivity contribution >= 4 is 21.9 Å². The normalized spacial score (nSPS) is 24.4. The monoisotopic (exact) mass is 337 g/mol. The molecule has 3 rings (SSSR count). The Labute approximate surface area is 135 Å². The van der Waals surface area contributed by atoms with Gasteiger partial charge in [0.1, 0.15) is 0 Å². The zero-order valence-corrected chi connectivity index (χ0v) is 13.5. The molecule has 2 amide bonds. The molecule has 1 aromatic carbocycles. The molecule has 1 unspecified atom stereocenters. The maximum atomic E-state index is 12.5. The standard InChI is InChI=1S/C16H19NO5S/c18-14-10-16(11-15(19)17-14)9-5-4-8-13(16)22-23(20,21)12-6-2-1-3-7-12/h1-3,6-7,13H,4-5,8-11H2,(H,17,18,19). The largest absolute Gasteiger partial charge is 0.297 e. The van der Waals surface area contributed by atoms with Crippen LogP contribution < -0.4 is 5.32 Å². The highest BCUT2D eigenvalue weighted by atomic mass is 32.2. The maximum Gasteiger partial charge on any atom is 0.297 e. The molecule has 2 fully saturated rings. The second-order valence-electron chi connectivity index (χ2n) is 6.29. The molecule has 1 aliphatic carbocycles. The quantitative estimate of drug-likeness (QED) is 0.670. The summed E-state index contributed by atoms with van der Waals surface area (Å²) in [7, 11) is -3.91. The molecule has 124 valence electrons. The summed E-state index contributed by atoms with van der Waals surface area (Å²) in [6.45, 7) is 0. The molecular weight excluding hydrogens is 318 g/mol. The zero-order chi connectivity index (χ0) is 16.5. The van der Waals surface area contributed by atoms with Crippen molar-refractivity contribution in [2.24, 2.45) is 5.41 Å². The second kappa shape index (κ2) is 6.05. The Hall–Kier alpha value is -1.73. The van der Waals surface area contributed by atoms with Crippen LogP contribution in [0.4, 0.5) is 0 Å². The van der Waals surface area contributed by atoms with Crippen LogP contribution in [0.25, 0.3) is 0 Å². The van der Waals surface area contributed by atoms with Gasteiger partial charge in [0.25, 0.3) is 10.1 Å². The molecule has 7 heteroatoms. The van der Waals surface area contributed by atoms with Crippen LogP contribution in [-0.4, -0.2) is 26.3 Å². The van der Waals surface area contributed by atoms with Crippen molar-refractivity contribution in [2.75, 3.05) is 0 Å². The number of carbonyl (C=O) groups is 2. The first-order valence-electron chi connectivity index (χ1n) is 7.72. The number of hydrogen-bond donors (Lipinski definition) is 1. The lowest BCUT2D eigenvalue weighted by Gasteiger charge is -2.44. The number of hydrogen-bond acceptors (Lipinski definition) is 5. The van der Waals surface area contributed by atoms with Crippen molar-refractivity contribution in [3.05, 3.63) is 30.3 Å². The van der Waals surface area contributed by atoms with Gasteiger partial charge in [-0.25, -0.2) is 0 Å². The van der Waals surface area contributed by atoms with Gasteiger partial charge in [-0.15, -0.1) is 0 Å². The summed E-state index contributed by atoms with van der Waals surface area (Å²) in [5.74, 6) is -0.706. The number of amides is 2. The molecule has 1 atom stereocenters. The van der Waals surface area contributed by atoms with E-state index in [1.165, 1.54) is 12.1 Å². The third kappa shape index (κ3) is 3.30. The Morgan fingerprint density at radius 3 is 2.35 bits per heavy atom. The predicted octanol–water partition coefficient (Wildman–Crippen LogP) is 1.76. The van der Waals surface area contributed by atoms with E-state index in [-0.39, 0.29) is 29.6 Å². The molecule has 1 aromatic rings. The van der Waals surface area contributed by atoms with E-state index < -0.39 is 21.6 Å². The lowest BCUT2D eigenvalue weighted by Crippen LogP contribution is -2.52. The smallest absolute Gasteiger partial charge is 0.296 e. The van der Waals surface area contributed by atoms with Gasteiger partial charge >= 0.3 is 0 Å². The molecular formula is C16H19NO5S. The molecule has 0 bridgehead atoms. The van der Waals surface area contributed by atoms with Crippen molar-refractivity contribution < 1.29 is 22.2 Å². The van der Waals surface area contributed by atoms with E-state index in [0.717, 1.165) is 12.8 Å². The Morgan fingerprint density at radius 1 is 1.04 bits per heavy atom. The molecule has 1 spiro atoms. The van der Waals surface area contributed by atoms with Crippen LogP contribution >= 0.6 is 0 Å². The first-order valence-corrected chi connectivity index (χ1v) is 9.13.